The summed E-state index contributed by atoms with van der Waals surface area (Å²) in [5.74, 6) is -0.949. The molecule has 1 unspecified atom stereocenters. The molecule has 1 heterocycles. The second-order valence-corrected chi connectivity index (χ2v) is 4.12. The third-order valence-corrected chi connectivity index (χ3v) is 2.74. The summed E-state index contributed by atoms with van der Waals surface area (Å²) in [6.45, 7) is 2.16. The highest BCUT2D eigenvalue weighted by molar-refractivity contribution is 5.93. The van der Waals surface area contributed by atoms with Gasteiger partial charge in [-0.3, -0.25) is 0 Å². The molecule has 0 saturated heterocycles. The van der Waals surface area contributed by atoms with Gasteiger partial charge in [0, 0.05) is 0 Å². The number of carboxylic acid groups (broad SMARTS) is 1. The van der Waals surface area contributed by atoms with E-state index in [4.69, 9.17) is 9.84 Å². The zero-order valence-electron chi connectivity index (χ0n) is 10.7. The van der Waals surface area contributed by atoms with Gasteiger partial charge in [-0.05, 0) is 30.7 Å². The van der Waals surface area contributed by atoms with Gasteiger partial charge in [0.1, 0.15) is 5.70 Å². The van der Waals surface area contributed by atoms with Crippen molar-refractivity contribution in [3.63, 3.8) is 0 Å². The summed E-state index contributed by atoms with van der Waals surface area (Å²) < 4.78 is 5.25. The fraction of sp³-hybridized carbons (Fsp3) is 0.231. The first-order chi connectivity index (χ1) is 9.51. The molecule has 1 aliphatic rings. The first-order valence-electron chi connectivity index (χ1n) is 5.99. The fourth-order valence-corrected chi connectivity index (χ4v) is 1.85. The Bertz CT molecular complexity index is 582. The summed E-state index contributed by atoms with van der Waals surface area (Å²) in [5, 5.41) is 23.3. The third-order valence-electron chi connectivity index (χ3n) is 2.74. The zero-order chi connectivity index (χ0) is 14.7. The zero-order valence-corrected chi connectivity index (χ0v) is 10.7. The lowest BCUT2D eigenvalue weighted by Gasteiger charge is -2.22. The molecule has 2 rings (SSSR count). The molecule has 0 aliphatic carbocycles. The molecule has 0 saturated carbocycles. The number of rotatable bonds is 4. The summed E-state index contributed by atoms with van der Waals surface area (Å²) in [6, 6.07) is 3.38. The Hall–Kier alpha value is -2.70. The molecular formula is C13H14N2O5. The molecule has 1 aliphatic heterocycles. The van der Waals surface area contributed by atoms with Crippen molar-refractivity contribution in [2.24, 2.45) is 0 Å². The van der Waals surface area contributed by atoms with Gasteiger partial charge in [-0.2, -0.15) is 0 Å². The summed E-state index contributed by atoms with van der Waals surface area (Å²) in [6.07, 6.45) is 1.38. The first-order valence-corrected chi connectivity index (χ1v) is 5.99. The van der Waals surface area contributed by atoms with E-state index >= 15 is 0 Å². The van der Waals surface area contributed by atoms with Crippen molar-refractivity contribution in [2.75, 3.05) is 6.61 Å². The number of benzene rings is 1. The van der Waals surface area contributed by atoms with E-state index in [0.717, 1.165) is 0 Å². The van der Waals surface area contributed by atoms with Crippen molar-refractivity contribution in [1.29, 1.82) is 0 Å². The highest BCUT2D eigenvalue weighted by atomic mass is 16.5. The molecular weight excluding hydrogens is 264 g/mol. The topological polar surface area (TPSA) is 108 Å². The molecule has 1 atom stereocenters. The molecule has 1 aromatic rings. The van der Waals surface area contributed by atoms with Crippen LogP contribution >= 0.6 is 0 Å². The number of urea groups is 1. The van der Waals surface area contributed by atoms with Crippen LogP contribution in [0.2, 0.25) is 0 Å². The van der Waals surface area contributed by atoms with Crippen molar-refractivity contribution < 1.29 is 24.5 Å². The molecule has 1 aromatic carbocycles. The fourth-order valence-electron chi connectivity index (χ4n) is 1.85. The van der Waals surface area contributed by atoms with Gasteiger partial charge >= 0.3 is 12.0 Å². The van der Waals surface area contributed by atoms with Crippen molar-refractivity contribution in [3.05, 3.63) is 35.5 Å². The minimum absolute atomic E-state index is 0.0155. The molecule has 0 aromatic heterocycles. The van der Waals surface area contributed by atoms with Crippen LogP contribution in [0.3, 0.4) is 0 Å². The van der Waals surface area contributed by atoms with Crippen molar-refractivity contribution in [3.8, 4) is 11.5 Å². The quantitative estimate of drug-likeness (QED) is 0.660. The molecule has 2 amide bonds. The Morgan fingerprint density at radius 1 is 1.45 bits per heavy atom. The van der Waals surface area contributed by atoms with Crippen LogP contribution in [0.25, 0.3) is 0 Å². The van der Waals surface area contributed by atoms with E-state index in [1.807, 2.05) is 0 Å². The van der Waals surface area contributed by atoms with Crippen LogP contribution < -0.4 is 15.4 Å². The highest BCUT2D eigenvalue weighted by Crippen LogP contribution is 2.30. The smallest absolute Gasteiger partial charge is 0.352 e. The Kier molecular flexibility index (Phi) is 3.79. The van der Waals surface area contributed by atoms with E-state index < -0.39 is 18.0 Å². The van der Waals surface area contributed by atoms with Gasteiger partial charge in [-0.1, -0.05) is 6.07 Å². The van der Waals surface area contributed by atoms with Crippen LogP contribution in [-0.2, 0) is 4.79 Å². The maximum atomic E-state index is 11.4. The van der Waals surface area contributed by atoms with Gasteiger partial charge < -0.3 is 25.6 Å². The molecule has 0 spiro atoms. The average molecular weight is 278 g/mol. The van der Waals surface area contributed by atoms with Gasteiger partial charge in [-0.15, -0.1) is 0 Å². The van der Waals surface area contributed by atoms with Gasteiger partial charge in [0.05, 0.1) is 12.6 Å². The number of nitrogens with one attached hydrogen (secondary N) is 2. The number of hydrogen-bond acceptors (Lipinski definition) is 4. The molecule has 0 fully saturated rings. The van der Waals surface area contributed by atoms with Crippen LogP contribution in [0, 0.1) is 0 Å². The lowest BCUT2D eigenvalue weighted by atomic mass is 10.0. The number of ether oxygens (including phenoxy) is 1. The van der Waals surface area contributed by atoms with Crippen molar-refractivity contribution >= 4 is 12.0 Å². The monoisotopic (exact) mass is 278 g/mol. The van der Waals surface area contributed by atoms with E-state index in [9.17, 15) is 14.7 Å². The lowest BCUT2D eigenvalue weighted by Crippen LogP contribution is -2.43. The van der Waals surface area contributed by atoms with Crippen LogP contribution in [-0.4, -0.2) is 28.8 Å². The molecule has 0 bridgehead atoms. The van der Waals surface area contributed by atoms with E-state index in [1.165, 1.54) is 12.1 Å². The largest absolute Gasteiger partial charge is 0.504 e. The maximum Gasteiger partial charge on any atom is 0.352 e. The first kappa shape index (κ1) is 13.7. The Balaban J connectivity index is 2.35. The van der Waals surface area contributed by atoms with Crippen LogP contribution in [0.1, 0.15) is 18.5 Å². The summed E-state index contributed by atoms with van der Waals surface area (Å²) >= 11 is 0. The number of carbonyl (C=O) groups excluding carboxylic acids is 1. The van der Waals surface area contributed by atoms with Crippen LogP contribution in [0.5, 0.6) is 11.5 Å². The van der Waals surface area contributed by atoms with E-state index in [1.54, 1.807) is 19.1 Å². The highest BCUT2D eigenvalue weighted by Gasteiger charge is 2.23. The van der Waals surface area contributed by atoms with Gasteiger partial charge in [-0.25, -0.2) is 9.59 Å². The molecule has 7 nitrogen and oxygen atoms in total. The van der Waals surface area contributed by atoms with Gasteiger partial charge in [0.25, 0.3) is 0 Å². The molecule has 106 valence electrons. The molecule has 20 heavy (non-hydrogen) atoms. The van der Waals surface area contributed by atoms with Crippen molar-refractivity contribution in [2.45, 2.75) is 13.0 Å². The third kappa shape index (κ3) is 2.82. The Labute approximate surface area is 114 Å². The predicted octanol–water partition coefficient (Wildman–Crippen LogP) is 1.11. The number of carbonyl (C=O) groups is 2. The second-order valence-electron chi connectivity index (χ2n) is 4.12. The molecule has 7 heteroatoms. The Morgan fingerprint density at radius 2 is 2.20 bits per heavy atom. The van der Waals surface area contributed by atoms with Crippen molar-refractivity contribution in [1.82, 2.24) is 10.6 Å². The number of aromatic hydroxyl groups is 1. The minimum Gasteiger partial charge on any atom is -0.504 e. The number of carboxylic acids is 1. The molecule has 0 radical (unpaired) electrons. The van der Waals surface area contributed by atoms with Gasteiger partial charge in [0.2, 0.25) is 0 Å². The number of hydrogen-bond donors (Lipinski definition) is 4. The standard InChI is InChI=1S/C13H14N2O5/c1-2-20-11-5-7(3-4-10(11)16)8-6-9(12(17)18)15-13(19)14-8/h3-6,8,16H,2H2,1H3,(H,17,18)(H2,14,15,19). The summed E-state index contributed by atoms with van der Waals surface area (Å²) in [7, 11) is 0. The van der Waals surface area contributed by atoms with E-state index in [2.05, 4.69) is 10.6 Å². The maximum absolute atomic E-state index is 11.4. The number of aliphatic carboxylic acids is 1. The number of phenolic OH excluding ortho intramolecular Hbond substituents is 1. The van der Waals surface area contributed by atoms with E-state index in [-0.39, 0.29) is 17.2 Å². The lowest BCUT2D eigenvalue weighted by molar-refractivity contribution is -0.133. The van der Waals surface area contributed by atoms with E-state index in [0.29, 0.717) is 12.2 Å². The van der Waals surface area contributed by atoms with Crippen LogP contribution in [0.4, 0.5) is 4.79 Å². The van der Waals surface area contributed by atoms with Crippen LogP contribution in [0.15, 0.2) is 30.0 Å². The molecule has 4 N–H and O–H groups in total. The number of amides is 2. The predicted molar refractivity (Wildman–Crippen MR) is 69.4 cm³/mol. The normalized spacial score (nSPS) is 17.8. The van der Waals surface area contributed by atoms with Gasteiger partial charge in [0.15, 0.2) is 11.5 Å². The number of phenols is 1. The summed E-state index contributed by atoms with van der Waals surface area (Å²) in [4.78, 5) is 22.4. The Morgan fingerprint density at radius 3 is 2.85 bits per heavy atom. The minimum atomic E-state index is -1.21. The average Bonchev–Trinajstić information content (AvgIpc) is 2.40. The SMILES string of the molecule is CCOc1cc(C2C=C(C(=O)O)NC(=O)N2)ccc1O. The summed E-state index contributed by atoms with van der Waals surface area (Å²) in [5.41, 5.74) is 0.421. The second kappa shape index (κ2) is 5.52.